The lowest BCUT2D eigenvalue weighted by Crippen LogP contribution is -2.23. The number of aromatic nitrogens is 2. The summed E-state index contributed by atoms with van der Waals surface area (Å²) in [5, 5.41) is 3.23. The molecule has 0 saturated heterocycles. The Balaban J connectivity index is 1.82. The number of hydrogen-bond acceptors (Lipinski definition) is 4. The fourth-order valence-corrected chi connectivity index (χ4v) is 2.36. The molecule has 0 aliphatic carbocycles. The topological polar surface area (TPSA) is 58.1 Å². The second-order valence-electron chi connectivity index (χ2n) is 6.42. The van der Waals surface area contributed by atoms with Crippen molar-refractivity contribution in [3.05, 3.63) is 53.5 Å². The Morgan fingerprint density at radius 2 is 1.88 bits per heavy atom. The lowest BCUT2D eigenvalue weighted by Gasteiger charge is -2.11. The molecule has 0 fully saturated rings. The molecule has 1 aromatic heterocycles. The van der Waals surface area contributed by atoms with Crippen molar-refractivity contribution in [2.24, 2.45) is 0 Å². The van der Waals surface area contributed by atoms with Gasteiger partial charge in [-0.3, -0.25) is 9.78 Å². The van der Waals surface area contributed by atoms with Crippen LogP contribution in [-0.2, 0) is 6.42 Å². The van der Waals surface area contributed by atoms with Crippen LogP contribution in [0.1, 0.15) is 47.8 Å². The van der Waals surface area contributed by atoms with Gasteiger partial charge in [0, 0.05) is 20.6 Å². The molecule has 2 rings (SSSR count). The summed E-state index contributed by atoms with van der Waals surface area (Å²) >= 11 is 0. The van der Waals surface area contributed by atoms with Crippen molar-refractivity contribution < 1.29 is 4.79 Å². The fourth-order valence-electron chi connectivity index (χ4n) is 2.36. The van der Waals surface area contributed by atoms with E-state index in [-0.39, 0.29) is 5.91 Å². The van der Waals surface area contributed by atoms with E-state index < -0.39 is 0 Å². The first-order valence-corrected chi connectivity index (χ1v) is 8.33. The number of amides is 1. The molecule has 1 N–H and O–H groups in total. The van der Waals surface area contributed by atoms with Crippen LogP contribution in [0.2, 0.25) is 0 Å². The minimum atomic E-state index is -0.142. The van der Waals surface area contributed by atoms with Gasteiger partial charge in [-0.15, -0.1) is 0 Å². The Bertz CT molecular complexity index is 665. The molecule has 2 aromatic rings. The highest BCUT2D eigenvalue weighted by atomic mass is 16.2. The summed E-state index contributed by atoms with van der Waals surface area (Å²) in [5.41, 5.74) is 3.06. The third-order valence-corrected chi connectivity index (χ3v) is 3.85. The van der Waals surface area contributed by atoms with Gasteiger partial charge in [0.05, 0.1) is 12.4 Å². The van der Waals surface area contributed by atoms with E-state index in [0.29, 0.717) is 17.4 Å². The van der Waals surface area contributed by atoms with E-state index in [1.165, 1.54) is 22.2 Å². The molecule has 0 aliphatic rings. The van der Waals surface area contributed by atoms with Crippen LogP contribution in [0.5, 0.6) is 0 Å². The maximum atomic E-state index is 11.9. The third kappa shape index (κ3) is 5.05. The number of rotatable bonds is 7. The summed E-state index contributed by atoms with van der Waals surface area (Å²) in [4.78, 5) is 21.8. The van der Waals surface area contributed by atoms with Crippen LogP contribution in [0.3, 0.4) is 0 Å². The van der Waals surface area contributed by atoms with E-state index in [4.69, 9.17) is 0 Å². The average Bonchev–Trinajstić information content (AvgIpc) is 2.58. The molecule has 1 heterocycles. The summed E-state index contributed by atoms with van der Waals surface area (Å²) < 4.78 is 0. The predicted molar refractivity (Wildman–Crippen MR) is 97.4 cm³/mol. The van der Waals surface area contributed by atoms with Gasteiger partial charge in [-0.1, -0.05) is 38.1 Å². The maximum absolute atomic E-state index is 11.9. The highest BCUT2D eigenvalue weighted by Crippen LogP contribution is 2.15. The highest BCUT2D eigenvalue weighted by molar-refractivity contribution is 5.91. The van der Waals surface area contributed by atoms with Crippen molar-refractivity contribution >= 4 is 11.7 Å². The standard InChI is InChI=1S/C19H26N4O/c1-14(2)16-9-7-15(8-10-16)6-5-11-21-18-13-20-12-17(22-18)19(24)23(3)4/h7-10,12-14H,5-6,11H2,1-4H3,(H,21,22). The van der Waals surface area contributed by atoms with Crippen molar-refractivity contribution in [3.8, 4) is 0 Å². The third-order valence-electron chi connectivity index (χ3n) is 3.85. The minimum absolute atomic E-state index is 0.142. The Morgan fingerprint density at radius 3 is 2.50 bits per heavy atom. The monoisotopic (exact) mass is 326 g/mol. The van der Waals surface area contributed by atoms with Crippen molar-refractivity contribution in [2.75, 3.05) is 26.0 Å². The molecule has 5 nitrogen and oxygen atoms in total. The van der Waals surface area contributed by atoms with Gasteiger partial charge in [0.1, 0.15) is 11.5 Å². The molecule has 0 bridgehead atoms. The van der Waals surface area contributed by atoms with E-state index in [0.717, 1.165) is 19.4 Å². The molecule has 5 heteroatoms. The van der Waals surface area contributed by atoms with Gasteiger partial charge in [-0.25, -0.2) is 4.98 Å². The summed E-state index contributed by atoms with van der Waals surface area (Å²) in [6.07, 6.45) is 5.14. The Hall–Kier alpha value is -2.43. The zero-order chi connectivity index (χ0) is 17.5. The maximum Gasteiger partial charge on any atom is 0.273 e. The van der Waals surface area contributed by atoms with Crippen molar-refractivity contribution in [2.45, 2.75) is 32.6 Å². The molecule has 0 unspecified atom stereocenters. The Labute approximate surface area is 144 Å². The number of nitrogens with one attached hydrogen (secondary N) is 1. The summed E-state index contributed by atoms with van der Waals surface area (Å²) in [6, 6.07) is 8.81. The molecule has 0 atom stereocenters. The molecule has 128 valence electrons. The largest absolute Gasteiger partial charge is 0.369 e. The van der Waals surface area contributed by atoms with Crippen LogP contribution >= 0.6 is 0 Å². The van der Waals surface area contributed by atoms with E-state index in [1.54, 1.807) is 20.3 Å². The van der Waals surface area contributed by atoms with Crippen molar-refractivity contribution in [3.63, 3.8) is 0 Å². The Morgan fingerprint density at radius 1 is 1.17 bits per heavy atom. The fraction of sp³-hybridized carbons (Fsp3) is 0.421. The van der Waals surface area contributed by atoms with Crippen LogP contribution < -0.4 is 5.32 Å². The molecular formula is C19H26N4O. The zero-order valence-corrected chi connectivity index (χ0v) is 14.9. The molecule has 1 aromatic carbocycles. The van der Waals surface area contributed by atoms with E-state index in [2.05, 4.69) is 53.4 Å². The van der Waals surface area contributed by atoms with Crippen LogP contribution in [0.4, 0.5) is 5.82 Å². The van der Waals surface area contributed by atoms with Gasteiger partial charge in [0.15, 0.2) is 0 Å². The lowest BCUT2D eigenvalue weighted by molar-refractivity contribution is 0.0821. The summed E-state index contributed by atoms with van der Waals surface area (Å²) in [5.74, 6) is 1.06. The number of carbonyl (C=O) groups excluding carboxylic acids is 1. The van der Waals surface area contributed by atoms with Crippen molar-refractivity contribution in [1.82, 2.24) is 14.9 Å². The van der Waals surface area contributed by atoms with Gasteiger partial charge in [0.25, 0.3) is 5.91 Å². The van der Waals surface area contributed by atoms with Gasteiger partial charge in [-0.05, 0) is 29.9 Å². The normalized spacial score (nSPS) is 10.7. The average molecular weight is 326 g/mol. The van der Waals surface area contributed by atoms with Gasteiger partial charge < -0.3 is 10.2 Å². The minimum Gasteiger partial charge on any atom is -0.369 e. The van der Waals surface area contributed by atoms with E-state index >= 15 is 0 Å². The van der Waals surface area contributed by atoms with Crippen LogP contribution in [0, 0.1) is 0 Å². The SMILES string of the molecule is CC(C)c1ccc(CCCNc2cncc(C(=O)N(C)C)n2)cc1. The quantitative estimate of drug-likeness (QED) is 0.793. The number of nitrogens with zero attached hydrogens (tertiary/aromatic N) is 3. The first-order valence-electron chi connectivity index (χ1n) is 8.33. The number of carbonyl (C=O) groups is 1. The van der Waals surface area contributed by atoms with Crippen LogP contribution in [0.15, 0.2) is 36.7 Å². The summed E-state index contributed by atoms with van der Waals surface area (Å²) in [6.45, 7) is 5.20. The number of hydrogen-bond donors (Lipinski definition) is 1. The lowest BCUT2D eigenvalue weighted by atomic mass is 10.0. The number of benzene rings is 1. The number of anilines is 1. The van der Waals surface area contributed by atoms with Gasteiger partial charge >= 0.3 is 0 Å². The van der Waals surface area contributed by atoms with Crippen LogP contribution in [0.25, 0.3) is 0 Å². The second kappa shape index (κ2) is 8.43. The molecular weight excluding hydrogens is 300 g/mol. The van der Waals surface area contributed by atoms with Crippen molar-refractivity contribution in [1.29, 1.82) is 0 Å². The molecule has 1 amide bonds. The van der Waals surface area contributed by atoms with Gasteiger partial charge in [-0.2, -0.15) is 0 Å². The highest BCUT2D eigenvalue weighted by Gasteiger charge is 2.10. The Kier molecular flexibility index (Phi) is 6.29. The van der Waals surface area contributed by atoms with Crippen LogP contribution in [-0.4, -0.2) is 41.4 Å². The van der Waals surface area contributed by atoms with E-state index in [9.17, 15) is 4.79 Å². The summed E-state index contributed by atoms with van der Waals surface area (Å²) in [7, 11) is 3.41. The molecule has 0 saturated carbocycles. The first kappa shape index (κ1) is 17.9. The molecule has 0 radical (unpaired) electrons. The predicted octanol–water partition coefficient (Wildman–Crippen LogP) is 3.35. The molecule has 24 heavy (non-hydrogen) atoms. The molecule has 0 aliphatic heterocycles. The number of aryl methyl sites for hydroxylation is 1. The smallest absolute Gasteiger partial charge is 0.273 e. The van der Waals surface area contributed by atoms with E-state index in [1.807, 2.05) is 0 Å². The zero-order valence-electron chi connectivity index (χ0n) is 14.9. The first-order chi connectivity index (χ1) is 11.5. The molecule has 0 spiro atoms. The second-order valence-corrected chi connectivity index (χ2v) is 6.42. The van der Waals surface area contributed by atoms with Gasteiger partial charge in [0.2, 0.25) is 0 Å².